The van der Waals surface area contributed by atoms with E-state index in [0.717, 1.165) is 0 Å². The number of aliphatic carboxylic acids is 1. The van der Waals surface area contributed by atoms with Crippen LogP contribution in [0.25, 0.3) is 0 Å². The summed E-state index contributed by atoms with van der Waals surface area (Å²) in [5.74, 6) is -2.56. The molecule has 0 aromatic heterocycles. The third-order valence-electron chi connectivity index (χ3n) is 1.79. The standard InChI is InChI=1S/C9H5ClF4O2/c10-6-3-5(9(12,13)14)4(1-7(6)11)2-8(15)16/h1,3H,2H2,(H,15,16). The molecule has 1 aromatic rings. The summed E-state index contributed by atoms with van der Waals surface area (Å²) in [6, 6.07) is 0.869. The lowest BCUT2D eigenvalue weighted by Crippen LogP contribution is -2.13. The fourth-order valence-corrected chi connectivity index (χ4v) is 1.32. The molecule has 0 amide bonds. The van der Waals surface area contributed by atoms with Crippen molar-refractivity contribution in [3.8, 4) is 0 Å². The molecule has 0 spiro atoms. The Morgan fingerprint density at radius 1 is 1.38 bits per heavy atom. The lowest BCUT2D eigenvalue weighted by Gasteiger charge is -2.12. The summed E-state index contributed by atoms with van der Waals surface area (Å²) in [4.78, 5) is 10.3. The Morgan fingerprint density at radius 2 is 1.94 bits per heavy atom. The zero-order valence-electron chi connectivity index (χ0n) is 7.61. The maximum atomic E-state index is 12.9. The first-order chi connectivity index (χ1) is 7.21. The van der Waals surface area contributed by atoms with Crippen LogP contribution in [0.15, 0.2) is 12.1 Å². The molecule has 7 heteroatoms. The third kappa shape index (κ3) is 2.85. The molecule has 0 saturated heterocycles. The number of carbonyl (C=O) groups is 1. The molecule has 0 heterocycles. The molecule has 1 N–H and O–H groups in total. The second kappa shape index (κ2) is 4.29. The summed E-state index contributed by atoms with van der Waals surface area (Å²) in [7, 11) is 0. The maximum Gasteiger partial charge on any atom is 0.416 e. The van der Waals surface area contributed by atoms with E-state index in [-0.39, 0.29) is 0 Å². The van der Waals surface area contributed by atoms with E-state index < -0.39 is 40.5 Å². The summed E-state index contributed by atoms with van der Waals surface area (Å²) in [5, 5.41) is 7.70. The predicted octanol–water partition coefficient (Wildman–Crippen LogP) is 3.13. The van der Waals surface area contributed by atoms with Gasteiger partial charge in [0.25, 0.3) is 0 Å². The molecule has 2 nitrogen and oxygen atoms in total. The Bertz CT molecular complexity index is 428. The normalized spacial score (nSPS) is 11.6. The molecule has 88 valence electrons. The first kappa shape index (κ1) is 12.8. The van der Waals surface area contributed by atoms with Gasteiger partial charge in [0.15, 0.2) is 0 Å². The van der Waals surface area contributed by atoms with Gasteiger partial charge in [-0.05, 0) is 17.7 Å². The summed E-state index contributed by atoms with van der Waals surface area (Å²) >= 11 is 5.21. The molecule has 0 aliphatic carbocycles. The number of hydrogen-bond acceptors (Lipinski definition) is 1. The summed E-state index contributed by atoms with van der Waals surface area (Å²) in [5.41, 5.74) is -1.89. The first-order valence-corrected chi connectivity index (χ1v) is 4.36. The molecule has 0 fully saturated rings. The topological polar surface area (TPSA) is 37.3 Å². The van der Waals surface area contributed by atoms with E-state index in [1.54, 1.807) is 0 Å². The van der Waals surface area contributed by atoms with Gasteiger partial charge in [0.1, 0.15) is 5.82 Å². The SMILES string of the molecule is O=C(O)Cc1cc(F)c(Cl)cc1C(F)(F)F. The van der Waals surface area contributed by atoms with Crippen molar-refractivity contribution in [2.45, 2.75) is 12.6 Å². The van der Waals surface area contributed by atoms with Crippen molar-refractivity contribution in [2.75, 3.05) is 0 Å². The van der Waals surface area contributed by atoms with Crippen LogP contribution in [0.3, 0.4) is 0 Å². The minimum absolute atomic E-state index is 0.384. The van der Waals surface area contributed by atoms with E-state index in [2.05, 4.69) is 0 Å². The summed E-state index contributed by atoms with van der Waals surface area (Å²) in [6.07, 6.45) is -5.68. The van der Waals surface area contributed by atoms with Crippen molar-refractivity contribution in [3.63, 3.8) is 0 Å². The highest BCUT2D eigenvalue weighted by Gasteiger charge is 2.34. The molecule has 0 bridgehead atoms. The summed E-state index contributed by atoms with van der Waals surface area (Å²) < 4.78 is 50.2. The smallest absolute Gasteiger partial charge is 0.416 e. The van der Waals surface area contributed by atoms with Crippen LogP contribution in [0.5, 0.6) is 0 Å². The minimum Gasteiger partial charge on any atom is -0.481 e. The quantitative estimate of drug-likeness (QED) is 0.826. The Labute approximate surface area is 92.4 Å². The fraction of sp³-hybridized carbons (Fsp3) is 0.222. The van der Waals surface area contributed by atoms with Crippen molar-refractivity contribution in [1.82, 2.24) is 0 Å². The Hall–Kier alpha value is -1.30. The molecule has 0 saturated carbocycles. The van der Waals surface area contributed by atoms with Crippen molar-refractivity contribution < 1.29 is 27.5 Å². The zero-order chi connectivity index (χ0) is 12.5. The van der Waals surface area contributed by atoms with Gasteiger partial charge in [-0.2, -0.15) is 13.2 Å². The number of alkyl halides is 3. The van der Waals surface area contributed by atoms with Crippen molar-refractivity contribution in [2.24, 2.45) is 0 Å². The van der Waals surface area contributed by atoms with E-state index >= 15 is 0 Å². The highest BCUT2D eigenvalue weighted by Crippen LogP contribution is 2.35. The van der Waals surface area contributed by atoms with Crippen molar-refractivity contribution in [1.29, 1.82) is 0 Å². The van der Waals surface area contributed by atoms with Crippen molar-refractivity contribution in [3.05, 3.63) is 34.1 Å². The molecule has 1 aromatic carbocycles. The second-order valence-corrected chi connectivity index (χ2v) is 3.40. The number of halogens is 5. The van der Waals surface area contributed by atoms with Crippen LogP contribution in [0.1, 0.15) is 11.1 Å². The van der Waals surface area contributed by atoms with Gasteiger partial charge in [0, 0.05) is 0 Å². The van der Waals surface area contributed by atoms with E-state index in [4.69, 9.17) is 16.7 Å². The van der Waals surface area contributed by atoms with Gasteiger partial charge >= 0.3 is 12.1 Å². The molecule has 1 rings (SSSR count). The van der Waals surface area contributed by atoms with Crippen LogP contribution in [-0.2, 0) is 17.4 Å². The zero-order valence-corrected chi connectivity index (χ0v) is 8.36. The number of carboxylic acids is 1. The van der Waals surface area contributed by atoms with E-state index in [9.17, 15) is 22.4 Å². The van der Waals surface area contributed by atoms with E-state index in [1.165, 1.54) is 0 Å². The van der Waals surface area contributed by atoms with Crippen molar-refractivity contribution >= 4 is 17.6 Å². The molecule has 0 aliphatic heterocycles. The molecule has 0 aliphatic rings. The number of carboxylic acid groups (broad SMARTS) is 1. The van der Waals surface area contributed by atoms with Gasteiger partial charge in [-0.1, -0.05) is 11.6 Å². The molecule has 0 unspecified atom stereocenters. The Morgan fingerprint density at radius 3 is 2.38 bits per heavy atom. The monoisotopic (exact) mass is 256 g/mol. The third-order valence-corrected chi connectivity index (χ3v) is 2.08. The largest absolute Gasteiger partial charge is 0.481 e. The lowest BCUT2D eigenvalue weighted by molar-refractivity contribution is -0.139. The van der Waals surface area contributed by atoms with E-state index in [0.29, 0.717) is 12.1 Å². The van der Waals surface area contributed by atoms with Crippen LogP contribution >= 0.6 is 11.6 Å². The average Bonchev–Trinajstić information content (AvgIpc) is 2.08. The second-order valence-electron chi connectivity index (χ2n) is 2.99. The van der Waals surface area contributed by atoms with Gasteiger partial charge < -0.3 is 5.11 Å². The Kier molecular flexibility index (Phi) is 3.42. The molecular weight excluding hydrogens is 252 g/mol. The predicted molar refractivity (Wildman–Crippen MR) is 47.8 cm³/mol. The highest BCUT2D eigenvalue weighted by atomic mass is 35.5. The Balaban J connectivity index is 3.33. The molecule has 0 atom stereocenters. The van der Waals surface area contributed by atoms with Crippen LogP contribution in [0.4, 0.5) is 17.6 Å². The van der Waals surface area contributed by atoms with Gasteiger partial charge in [0.05, 0.1) is 17.0 Å². The van der Waals surface area contributed by atoms with Gasteiger partial charge in [0.2, 0.25) is 0 Å². The number of hydrogen-bond donors (Lipinski definition) is 1. The van der Waals surface area contributed by atoms with Crippen LogP contribution in [0, 0.1) is 5.82 Å². The fourth-order valence-electron chi connectivity index (χ4n) is 1.16. The van der Waals surface area contributed by atoms with Crippen LogP contribution in [0.2, 0.25) is 5.02 Å². The van der Waals surface area contributed by atoms with E-state index in [1.807, 2.05) is 0 Å². The van der Waals surface area contributed by atoms with Crippen LogP contribution in [-0.4, -0.2) is 11.1 Å². The van der Waals surface area contributed by atoms with Gasteiger partial charge in [-0.15, -0.1) is 0 Å². The van der Waals surface area contributed by atoms with Gasteiger partial charge in [-0.3, -0.25) is 4.79 Å². The minimum atomic E-state index is -4.76. The number of rotatable bonds is 2. The van der Waals surface area contributed by atoms with Gasteiger partial charge in [-0.25, -0.2) is 4.39 Å². The number of benzene rings is 1. The maximum absolute atomic E-state index is 12.9. The highest BCUT2D eigenvalue weighted by molar-refractivity contribution is 6.30. The molecular formula is C9H5ClF4O2. The average molecular weight is 257 g/mol. The van der Waals surface area contributed by atoms with Crippen LogP contribution < -0.4 is 0 Å². The first-order valence-electron chi connectivity index (χ1n) is 3.98. The lowest BCUT2D eigenvalue weighted by atomic mass is 10.0. The molecule has 0 radical (unpaired) electrons. The molecule has 16 heavy (non-hydrogen) atoms. The summed E-state index contributed by atoms with van der Waals surface area (Å²) in [6.45, 7) is 0.